The van der Waals surface area contributed by atoms with Gasteiger partial charge in [-0.05, 0) is 44.0 Å². The molecule has 5 nitrogen and oxygen atoms in total. The van der Waals surface area contributed by atoms with Crippen molar-refractivity contribution in [3.05, 3.63) is 24.3 Å². The highest BCUT2D eigenvalue weighted by molar-refractivity contribution is 7.89. The number of hydrogen-bond acceptors (Lipinski definition) is 4. The lowest BCUT2D eigenvalue weighted by Crippen LogP contribution is -2.34. The van der Waals surface area contributed by atoms with Crippen molar-refractivity contribution in [2.24, 2.45) is 0 Å². The van der Waals surface area contributed by atoms with Gasteiger partial charge in [0.2, 0.25) is 10.0 Å². The van der Waals surface area contributed by atoms with E-state index in [0.29, 0.717) is 5.75 Å². The summed E-state index contributed by atoms with van der Waals surface area (Å²) >= 11 is 0. The van der Waals surface area contributed by atoms with Crippen LogP contribution < -0.4 is 9.46 Å². The molecule has 0 unspecified atom stereocenters. The van der Waals surface area contributed by atoms with Crippen LogP contribution in [-0.4, -0.2) is 32.3 Å². The third-order valence-electron chi connectivity index (χ3n) is 2.87. The van der Waals surface area contributed by atoms with Crippen LogP contribution in [0.5, 0.6) is 5.75 Å². The van der Waals surface area contributed by atoms with Gasteiger partial charge in [-0.2, -0.15) is 0 Å². The molecular formula is C12H17NO4S. The van der Waals surface area contributed by atoms with Crippen molar-refractivity contribution in [1.29, 1.82) is 0 Å². The first-order valence-electron chi connectivity index (χ1n) is 5.83. The molecule has 1 aliphatic rings. The molecule has 1 saturated carbocycles. The van der Waals surface area contributed by atoms with Gasteiger partial charge < -0.3 is 9.84 Å². The SMILES string of the molecule is CC1(NS(=O)(=O)c2ccc(OCCO)cc2)CC1. The molecule has 0 amide bonds. The molecule has 0 aliphatic heterocycles. The molecule has 0 bridgehead atoms. The fraction of sp³-hybridized carbons (Fsp3) is 0.500. The minimum absolute atomic E-state index is 0.0695. The Morgan fingerprint density at radius 3 is 2.44 bits per heavy atom. The highest BCUT2D eigenvalue weighted by Gasteiger charge is 2.41. The first-order valence-corrected chi connectivity index (χ1v) is 7.31. The van der Waals surface area contributed by atoms with E-state index in [2.05, 4.69) is 4.72 Å². The number of rotatable bonds is 6. The van der Waals surface area contributed by atoms with Gasteiger partial charge in [-0.1, -0.05) is 0 Å². The summed E-state index contributed by atoms with van der Waals surface area (Å²) in [7, 11) is -3.45. The molecule has 0 heterocycles. The van der Waals surface area contributed by atoms with E-state index in [1.807, 2.05) is 6.92 Å². The molecule has 1 fully saturated rings. The van der Waals surface area contributed by atoms with Gasteiger partial charge in [0, 0.05) is 5.54 Å². The van der Waals surface area contributed by atoms with Gasteiger partial charge in [-0.3, -0.25) is 0 Å². The lowest BCUT2D eigenvalue weighted by molar-refractivity contribution is 0.201. The van der Waals surface area contributed by atoms with Crippen LogP contribution in [0.3, 0.4) is 0 Å². The molecule has 0 atom stereocenters. The Hall–Kier alpha value is -1.11. The van der Waals surface area contributed by atoms with Crippen LogP contribution in [0.1, 0.15) is 19.8 Å². The maximum Gasteiger partial charge on any atom is 0.241 e. The summed E-state index contributed by atoms with van der Waals surface area (Å²) < 4.78 is 31.9. The average Bonchev–Trinajstić information content (AvgIpc) is 3.03. The summed E-state index contributed by atoms with van der Waals surface area (Å²) in [5.41, 5.74) is -0.273. The standard InChI is InChI=1S/C12H17NO4S/c1-12(6-7-12)13-18(15,16)11-4-2-10(3-5-11)17-9-8-14/h2-5,13-14H,6-9H2,1H3. The zero-order valence-corrected chi connectivity index (χ0v) is 11.0. The van der Waals surface area contributed by atoms with Gasteiger partial charge in [0.05, 0.1) is 11.5 Å². The molecule has 18 heavy (non-hydrogen) atoms. The molecule has 0 spiro atoms. The smallest absolute Gasteiger partial charge is 0.241 e. The van der Waals surface area contributed by atoms with Crippen molar-refractivity contribution in [2.45, 2.75) is 30.2 Å². The summed E-state index contributed by atoms with van der Waals surface area (Å²) in [5, 5.41) is 8.62. The Kier molecular flexibility index (Phi) is 3.61. The first kappa shape index (κ1) is 13.3. The Labute approximate surface area is 107 Å². The Morgan fingerprint density at radius 1 is 1.33 bits per heavy atom. The third kappa shape index (κ3) is 3.22. The molecule has 2 N–H and O–H groups in total. The van der Waals surface area contributed by atoms with E-state index in [-0.39, 0.29) is 23.6 Å². The van der Waals surface area contributed by atoms with Crippen LogP contribution in [0.15, 0.2) is 29.2 Å². The van der Waals surface area contributed by atoms with E-state index < -0.39 is 10.0 Å². The van der Waals surface area contributed by atoms with E-state index >= 15 is 0 Å². The van der Waals surface area contributed by atoms with Crippen molar-refractivity contribution in [1.82, 2.24) is 4.72 Å². The quantitative estimate of drug-likeness (QED) is 0.805. The third-order valence-corrected chi connectivity index (χ3v) is 4.53. The number of aliphatic hydroxyl groups excluding tert-OH is 1. The van der Waals surface area contributed by atoms with Crippen LogP contribution in [0.2, 0.25) is 0 Å². The number of benzene rings is 1. The minimum Gasteiger partial charge on any atom is -0.491 e. The molecule has 100 valence electrons. The second kappa shape index (κ2) is 4.87. The zero-order chi connectivity index (χ0) is 13.2. The lowest BCUT2D eigenvalue weighted by Gasteiger charge is -2.12. The predicted octanol–water partition coefficient (Wildman–Crippen LogP) is 0.888. The molecule has 0 saturated heterocycles. The number of sulfonamides is 1. The van der Waals surface area contributed by atoms with Gasteiger partial charge in [0.25, 0.3) is 0 Å². The van der Waals surface area contributed by atoms with Crippen LogP contribution in [-0.2, 0) is 10.0 Å². The van der Waals surface area contributed by atoms with E-state index in [1.165, 1.54) is 12.1 Å². The van der Waals surface area contributed by atoms with Crippen molar-refractivity contribution in [3.63, 3.8) is 0 Å². The highest BCUT2D eigenvalue weighted by Crippen LogP contribution is 2.36. The summed E-state index contributed by atoms with van der Waals surface area (Å²) in [6.45, 7) is 2.02. The van der Waals surface area contributed by atoms with Crippen molar-refractivity contribution in [3.8, 4) is 5.75 Å². The van der Waals surface area contributed by atoms with Gasteiger partial charge >= 0.3 is 0 Å². The van der Waals surface area contributed by atoms with Gasteiger partial charge in [0.15, 0.2) is 0 Å². The van der Waals surface area contributed by atoms with Crippen molar-refractivity contribution < 1.29 is 18.3 Å². The first-order chi connectivity index (χ1) is 8.45. The largest absolute Gasteiger partial charge is 0.491 e. The van der Waals surface area contributed by atoms with Crippen LogP contribution in [0.4, 0.5) is 0 Å². The second-order valence-corrected chi connectivity index (χ2v) is 6.39. The topological polar surface area (TPSA) is 75.6 Å². The summed E-state index contributed by atoms with van der Waals surface area (Å²) in [5.74, 6) is 0.542. The predicted molar refractivity (Wildman–Crippen MR) is 67.0 cm³/mol. The van der Waals surface area contributed by atoms with Crippen LogP contribution in [0, 0.1) is 0 Å². The number of hydrogen-bond donors (Lipinski definition) is 2. The van der Waals surface area contributed by atoms with E-state index in [0.717, 1.165) is 12.8 Å². The molecule has 1 aromatic carbocycles. The average molecular weight is 271 g/mol. The molecule has 0 aromatic heterocycles. The summed E-state index contributed by atoms with van der Waals surface area (Å²) in [6.07, 6.45) is 1.76. The summed E-state index contributed by atoms with van der Waals surface area (Å²) in [6, 6.07) is 6.17. The molecule has 1 aromatic rings. The summed E-state index contributed by atoms with van der Waals surface area (Å²) in [4.78, 5) is 0.229. The minimum atomic E-state index is -3.45. The fourth-order valence-electron chi connectivity index (χ4n) is 1.55. The van der Waals surface area contributed by atoms with Gasteiger partial charge in [-0.15, -0.1) is 0 Å². The van der Waals surface area contributed by atoms with E-state index in [1.54, 1.807) is 12.1 Å². The van der Waals surface area contributed by atoms with Crippen LogP contribution >= 0.6 is 0 Å². The maximum absolute atomic E-state index is 12.0. The van der Waals surface area contributed by atoms with Crippen molar-refractivity contribution in [2.75, 3.05) is 13.2 Å². The second-order valence-electron chi connectivity index (χ2n) is 4.71. The van der Waals surface area contributed by atoms with E-state index in [9.17, 15) is 8.42 Å². The molecular weight excluding hydrogens is 254 g/mol. The zero-order valence-electron chi connectivity index (χ0n) is 10.2. The molecule has 2 rings (SSSR count). The van der Waals surface area contributed by atoms with E-state index in [4.69, 9.17) is 9.84 Å². The van der Waals surface area contributed by atoms with Crippen LogP contribution in [0.25, 0.3) is 0 Å². The van der Waals surface area contributed by atoms with Gasteiger partial charge in [0.1, 0.15) is 12.4 Å². The van der Waals surface area contributed by atoms with Gasteiger partial charge in [-0.25, -0.2) is 13.1 Å². The lowest BCUT2D eigenvalue weighted by atomic mass is 10.3. The fourth-order valence-corrected chi connectivity index (χ4v) is 3.02. The molecule has 1 aliphatic carbocycles. The maximum atomic E-state index is 12.0. The number of nitrogens with one attached hydrogen (secondary N) is 1. The Morgan fingerprint density at radius 2 is 1.94 bits per heavy atom. The number of aliphatic hydroxyl groups is 1. The Balaban J connectivity index is 2.08. The number of ether oxygens (including phenoxy) is 1. The normalized spacial score (nSPS) is 17.4. The van der Waals surface area contributed by atoms with Crippen molar-refractivity contribution >= 4 is 10.0 Å². The highest BCUT2D eigenvalue weighted by atomic mass is 32.2. The Bertz CT molecular complexity index is 505. The molecule has 6 heteroatoms. The monoisotopic (exact) mass is 271 g/mol. The molecule has 0 radical (unpaired) electrons.